The Balaban J connectivity index is 2.23. The Morgan fingerprint density at radius 3 is 2.74 bits per heavy atom. The molecular formula is C14H25ClN2O2. The Morgan fingerprint density at radius 2 is 2.11 bits per heavy atom. The maximum Gasteiger partial charge on any atom is 0.170 e. The first-order chi connectivity index (χ1) is 9.13. The molecule has 4 nitrogen and oxygen atoms in total. The number of hydrogen-bond donors (Lipinski definition) is 1. The van der Waals surface area contributed by atoms with Crippen LogP contribution in [0.4, 0.5) is 0 Å². The number of allylic oxidation sites excluding steroid dienone is 2. The zero-order chi connectivity index (χ0) is 14.1. The number of aliphatic hydroxyl groups is 1. The number of hydrogen-bond acceptors (Lipinski definition) is 4. The van der Waals surface area contributed by atoms with Gasteiger partial charge in [0, 0.05) is 6.54 Å². The van der Waals surface area contributed by atoms with E-state index < -0.39 is 6.10 Å². The highest BCUT2D eigenvalue weighted by molar-refractivity contribution is 6.69. The lowest BCUT2D eigenvalue weighted by Crippen LogP contribution is -2.38. The molecule has 1 rings (SSSR count). The van der Waals surface area contributed by atoms with Gasteiger partial charge in [0.1, 0.15) is 12.7 Å². The van der Waals surface area contributed by atoms with Gasteiger partial charge in [0.2, 0.25) is 0 Å². The zero-order valence-electron chi connectivity index (χ0n) is 11.9. The number of aliphatic hydroxyl groups excluding tert-OH is 1. The highest BCUT2D eigenvalue weighted by Gasteiger charge is 2.14. The maximum atomic E-state index is 9.86. The first kappa shape index (κ1) is 16.5. The van der Waals surface area contributed by atoms with Crippen LogP contribution < -0.4 is 0 Å². The summed E-state index contributed by atoms with van der Waals surface area (Å²) in [5.41, 5.74) is 0.898. The number of rotatable bonds is 7. The van der Waals surface area contributed by atoms with E-state index in [0.717, 1.165) is 25.1 Å². The highest BCUT2D eigenvalue weighted by atomic mass is 35.5. The molecule has 0 spiro atoms. The number of likely N-dealkylation sites (tertiary alicyclic amines) is 1. The van der Waals surface area contributed by atoms with Crippen LogP contribution in [0.2, 0.25) is 0 Å². The predicted molar refractivity (Wildman–Crippen MR) is 79.6 cm³/mol. The standard InChI is InChI=1S/C14H25ClN2O2/c1-3-7-12(2)14(15)16-19-11-13(18)10-17-8-5-4-6-9-17/h7,13,18H,3-6,8-11H2,1-2H3/b12-7+,16-14-. The molecule has 1 saturated heterocycles. The van der Waals surface area contributed by atoms with E-state index in [2.05, 4.69) is 10.1 Å². The molecule has 0 amide bonds. The van der Waals surface area contributed by atoms with Gasteiger partial charge in [-0.2, -0.15) is 0 Å². The van der Waals surface area contributed by atoms with Crippen LogP contribution in [-0.4, -0.2) is 47.5 Å². The van der Waals surface area contributed by atoms with Crippen molar-refractivity contribution in [2.24, 2.45) is 5.16 Å². The molecule has 110 valence electrons. The van der Waals surface area contributed by atoms with Crippen molar-refractivity contribution in [2.75, 3.05) is 26.2 Å². The molecule has 0 aliphatic carbocycles. The largest absolute Gasteiger partial charge is 0.392 e. The number of oxime groups is 1. The molecule has 0 radical (unpaired) electrons. The molecule has 1 atom stereocenters. The number of β-amino-alcohol motifs (C(OH)–C–C–N with tert-alkyl or cyclic N) is 1. The summed E-state index contributed by atoms with van der Waals surface area (Å²) < 4.78 is 0. The predicted octanol–water partition coefficient (Wildman–Crippen LogP) is 2.76. The molecule has 1 N–H and O–H groups in total. The fraction of sp³-hybridized carbons (Fsp3) is 0.786. The van der Waals surface area contributed by atoms with Gasteiger partial charge in [0.05, 0.1) is 0 Å². The van der Waals surface area contributed by atoms with Gasteiger partial charge >= 0.3 is 0 Å². The van der Waals surface area contributed by atoms with E-state index in [1.807, 2.05) is 19.9 Å². The van der Waals surface area contributed by atoms with E-state index in [-0.39, 0.29) is 6.61 Å². The summed E-state index contributed by atoms with van der Waals surface area (Å²) in [6.45, 7) is 6.90. The van der Waals surface area contributed by atoms with Gasteiger partial charge in [-0.05, 0) is 44.8 Å². The molecule has 5 heteroatoms. The van der Waals surface area contributed by atoms with Gasteiger partial charge < -0.3 is 14.8 Å². The third-order valence-electron chi connectivity index (χ3n) is 3.16. The first-order valence-electron chi connectivity index (χ1n) is 7.06. The van der Waals surface area contributed by atoms with E-state index >= 15 is 0 Å². The lowest BCUT2D eigenvalue weighted by atomic mass is 10.1. The minimum absolute atomic E-state index is 0.187. The Bertz CT molecular complexity index is 313. The molecule has 19 heavy (non-hydrogen) atoms. The molecule has 1 aliphatic heterocycles. The van der Waals surface area contributed by atoms with Crippen LogP contribution in [-0.2, 0) is 4.84 Å². The van der Waals surface area contributed by atoms with Crippen LogP contribution in [0.1, 0.15) is 39.5 Å². The third kappa shape index (κ3) is 6.95. The molecule has 0 aromatic heterocycles. The number of piperidine rings is 1. The van der Waals surface area contributed by atoms with E-state index in [1.54, 1.807) is 0 Å². The molecule has 0 aromatic carbocycles. The van der Waals surface area contributed by atoms with Gasteiger partial charge in [-0.3, -0.25) is 0 Å². The summed E-state index contributed by atoms with van der Waals surface area (Å²) >= 11 is 5.95. The van der Waals surface area contributed by atoms with Gasteiger partial charge in [-0.25, -0.2) is 0 Å². The number of nitrogens with zero attached hydrogens (tertiary/aromatic N) is 2. The molecule has 1 unspecified atom stereocenters. The van der Waals surface area contributed by atoms with Crippen molar-refractivity contribution >= 4 is 16.8 Å². The minimum Gasteiger partial charge on any atom is -0.392 e. The van der Waals surface area contributed by atoms with E-state index in [9.17, 15) is 5.11 Å². The SMILES string of the molecule is CC/C=C(C)/C(Cl)=N/OCC(O)CN1CCCCC1. The van der Waals surface area contributed by atoms with Crippen molar-refractivity contribution < 1.29 is 9.94 Å². The monoisotopic (exact) mass is 288 g/mol. The second kappa shape index (κ2) is 9.34. The van der Waals surface area contributed by atoms with Crippen molar-refractivity contribution in [3.8, 4) is 0 Å². The van der Waals surface area contributed by atoms with E-state index in [4.69, 9.17) is 16.4 Å². The Hall–Kier alpha value is -0.580. The summed E-state index contributed by atoms with van der Waals surface area (Å²) in [6, 6.07) is 0. The van der Waals surface area contributed by atoms with Crippen molar-refractivity contribution in [1.82, 2.24) is 4.90 Å². The molecule has 1 heterocycles. The molecule has 0 aromatic rings. The van der Waals surface area contributed by atoms with Crippen molar-refractivity contribution in [3.05, 3.63) is 11.6 Å². The molecule has 0 saturated carbocycles. The van der Waals surface area contributed by atoms with Crippen LogP contribution in [0.5, 0.6) is 0 Å². The van der Waals surface area contributed by atoms with Crippen LogP contribution in [0.3, 0.4) is 0 Å². The molecule has 1 aliphatic rings. The number of halogens is 1. The summed E-state index contributed by atoms with van der Waals surface area (Å²) in [7, 11) is 0. The van der Waals surface area contributed by atoms with Crippen LogP contribution in [0.15, 0.2) is 16.8 Å². The smallest absolute Gasteiger partial charge is 0.170 e. The quantitative estimate of drug-likeness (QED) is 0.579. The summed E-state index contributed by atoms with van der Waals surface area (Å²) in [4.78, 5) is 7.37. The minimum atomic E-state index is -0.512. The molecular weight excluding hydrogens is 264 g/mol. The average Bonchev–Trinajstić information content (AvgIpc) is 2.40. The van der Waals surface area contributed by atoms with Gasteiger partial charge in [-0.1, -0.05) is 36.2 Å². The summed E-state index contributed by atoms with van der Waals surface area (Å²) in [5, 5.41) is 14.0. The normalized spacial score (nSPS) is 20.4. The second-order valence-electron chi connectivity index (χ2n) is 4.99. The van der Waals surface area contributed by atoms with Crippen molar-refractivity contribution in [3.63, 3.8) is 0 Å². The third-order valence-corrected chi connectivity index (χ3v) is 3.53. The van der Waals surface area contributed by atoms with Crippen LogP contribution >= 0.6 is 11.6 Å². The van der Waals surface area contributed by atoms with Crippen molar-refractivity contribution in [2.45, 2.75) is 45.6 Å². The Kier molecular flexibility index (Phi) is 8.10. The maximum absolute atomic E-state index is 9.86. The van der Waals surface area contributed by atoms with Crippen LogP contribution in [0, 0.1) is 0 Å². The lowest BCUT2D eigenvalue weighted by Gasteiger charge is -2.27. The van der Waals surface area contributed by atoms with Gasteiger partial charge in [0.15, 0.2) is 5.17 Å². The van der Waals surface area contributed by atoms with E-state index in [1.165, 1.54) is 19.3 Å². The lowest BCUT2D eigenvalue weighted by molar-refractivity contribution is 0.0161. The molecule has 1 fully saturated rings. The zero-order valence-corrected chi connectivity index (χ0v) is 12.7. The van der Waals surface area contributed by atoms with Gasteiger partial charge in [-0.15, -0.1) is 0 Å². The van der Waals surface area contributed by atoms with E-state index in [0.29, 0.717) is 11.7 Å². The molecule has 0 bridgehead atoms. The second-order valence-corrected chi connectivity index (χ2v) is 5.35. The van der Waals surface area contributed by atoms with Gasteiger partial charge in [0.25, 0.3) is 0 Å². The first-order valence-corrected chi connectivity index (χ1v) is 7.44. The summed E-state index contributed by atoms with van der Waals surface area (Å²) in [5.74, 6) is 0. The summed E-state index contributed by atoms with van der Waals surface area (Å²) in [6.07, 6.45) is 6.12. The topological polar surface area (TPSA) is 45.1 Å². The Morgan fingerprint density at radius 1 is 1.42 bits per heavy atom. The highest BCUT2D eigenvalue weighted by Crippen LogP contribution is 2.09. The average molecular weight is 289 g/mol. The van der Waals surface area contributed by atoms with Crippen molar-refractivity contribution in [1.29, 1.82) is 0 Å². The Labute approximate surface area is 121 Å². The fourth-order valence-electron chi connectivity index (χ4n) is 2.14. The fourth-order valence-corrected chi connectivity index (χ4v) is 2.26. The van der Waals surface area contributed by atoms with Crippen LogP contribution in [0.25, 0.3) is 0 Å².